The third-order valence-corrected chi connectivity index (χ3v) is 4.10. The molecule has 0 N–H and O–H groups in total. The summed E-state index contributed by atoms with van der Waals surface area (Å²) in [6.07, 6.45) is 3.15. The summed E-state index contributed by atoms with van der Waals surface area (Å²) >= 11 is 0. The first kappa shape index (κ1) is 16.7. The van der Waals surface area contributed by atoms with Gasteiger partial charge in [-0.25, -0.2) is 4.98 Å². The minimum absolute atomic E-state index is 0.184. The van der Waals surface area contributed by atoms with Gasteiger partial charge in [0.05, 0.1) is 32.1 Å². The minimum atomic E-state index is -0.280. The molecule has 0 amide bonds. The quantitative estimate of drug-likeness (QED) is 0.528. The van der Waals surface area contributed by atoms with Crippen LogP contribution in [-0.2, 0) is 6.54 Å². The van der Waals surface area contributed by atoms with E-state index in [1.807, 2.05) is 18.2 Å². The van der Waals surface area contributed by atoms with Gasteiger partial charge < -0.3 is 9.47 Å². The van der Waals surface area contributed by atoms with E-state index >= 15 is 0 Å². The lowest BCUT2D eigenvalue weighted by atomic mass is 10.2. The molecule has 0 spiro atoms. The van der Waals surface area contributed by atoms with Crippen molar-refractivity contribution in [2.75, 3.05) is 14.2 Å². The van der Waals surface area contributed by atoms with Gasteiger partial charge in [0.2, 0.25) is 0 Å². The summed E-state index contributed by atoms with van der Waals surface area (Å²) in [4.78, 5) is 21.3. The molecule has 0 bridgehead atoms. The summed E-state index contributed by atoms with van der Waals surface area (Å²) in [5.74, 6) is 1.14. The lowest BCUT2D eigenvalue weighted by molar-refractivity contribution is 0.355. The van der Waals surface area contributed by atoms with E-state index in [9.17, 15) is 4.79 Å². The molecule has 0 atom stereocenters. The van der Waals surface area contributed by atoms with Gasteiger partial charge in [-0.3, -0.25) is 14.3 Å². The van der Waals surface area contributed by atoms with E-state index < -0.39 is 0 Å². The van der Waals surface area contributed by atoms with Crippen LogP contribution in [0.4, 0.5) is 0 Å². The van der Waals surface area contributed by atoms with Crippen LogP contribution >= 0.6 is 0 Å². The molecule has 9 heteroatoms. The number of pyridine rings is 1. The van der Waals surface area contributed by atoms with Crippen molar-refractivity contribution >= 4 is 11.2 Å². The van der Waals surface area contributed by atoms with E-state index in [0.717, 1.165) is 5.69 Å². The Bertz CT molecular complexity index is 1150. The van der Waals surface area contributed by atoms with E-state index in [1.54, 1.807) is 38.6 Å². The number of methoxy groups -OCH3 is 2. The lowest BCUT2D eigenvalue weighted by Gasteiger charge is -2.09. The molecule has 0 saturated heterocycles. The van der Waals surface area contributed by atoms with Crippen LogP contribution in [0, 0.1) is 0 Å². The predicted octanol–water partition coefficient (Wildman–Crippen LogP) is 1.44. The zero-order chi connectivity index (χ0) is 18.8. The van der Waals surface area contributed by atoms with Crippen molar-refractivity contribution in [3.05, 3.63) is 65.0 Å². The van der Waals surface area contributed by atoms with Crippen molar-refractivity contribution in [1.29, 1.82) is 0 Å². The second kappa shape index (κ2) is 6.87. The third kappa shape index (κ3) is 2.99. The fourth-order valence-corrected chi connectivity index (χ4v) is 2.75. The van der Waals surface area contributed by atoms with Crippen molar-refractivity contribution in [2.45, 2.75) is 6.54 Å². The highest BCUT2D eigenvalue weighted by Gasteiger charge is 2.15. The molecular formula is C18H16N6O3. The highest BCUT2D eigenvalue weighted by atomic mass is 16.5. The largest absolute Gasteiger partial charge is 0.493 e. The molecule has 27 heavy (non-hydrogen) atoms. The Morgan fingerprint density at radius 1 is 1.04 bits per heavy atom. The van der Waals surface area contributed by atoms with Gasteiger partial charge in [-0.2, -0.15) is 4.68 Å². The van der Waals surface area contributed by atoms with Crippen molar-refractivity contribution in [3.8, 4) is 17.2 Å². The molecule has 0 aliphatic heterocycles. The second-order valence-corrected chi connectivity index (χ2v) is 5.71. The summed E-state index contributed by atoms with van der Waals surface area (Å²) in [6, 6.07) is 10.8. The molecule has 3 aromatic heterocycles. The summed E-state index contributed by atoms with van der Waals surface area (Å²) in [7, 11) is 3.11. The van der Waals surface area contributed by atoms with Gasteiger partial charge in [-0.15, -0.1) is 5.10 Å². The van der Waals surface area contributed by atoms with Gasteiger partial charge in [0.15, 0.2) is 22.7 Å². The molecule has 3 heterocycles. The van der Waals surface area contributed by atoms with Crippen LogP contribution in [0.15, 0.2) is 53.7 Å². The second-order valence-electron chi connectivity index (χ2n) is 5.71. The van der Waals surface area contributed by atoms with Crippen molar-refractivity contribution in [2.24, 2.45) is 0 Å². The van der Waals surface area contributed by atoms with Gasteiger partial charge in [0, 0.05) is 12.3 Å². The first-order valence-corrected chi connectivity index (χ1v) is 8.14. The first-order chi connectivity index (χ1) is 13.2. The topological polar surface area (TPSA) is 97.0 Å². The minimum Gasteiger partial charge on any atom is -0.493 e. The van der Waals surface area contributed by atoms with Gasteiger partial charge in [-0.1, -0.05) is 11.3 Å². The summed E-state index contributed by atoms with van der Waals surface area (Å²) in [6.45, 7) is 0.311. The molecule has 0 aliphatic rings. The maximum atomic E-state index is 12.7. The Morgan fingerprint density at radius 2 is 1.89 bits per heavy atom. The Hall–Kier alpha value is -3.75. The molecule has 0 radical (unpaired) electrons. The van der Waals surface area contributed by atoms with Gasteiger partial charge in [0.1, 0.15) is 6.33 Å². The van der Waals surface area contributed by atoms with Crippen LogP contribution in [0.3, 0.4) is 0 Å². The van der Waals surface area contributed by atoms with Crippen molar-refractivity contribution < 1.29 is 9.47 Å². The van der Waals surface area contributed by atoms with Crippen molar-refractivity contribution in [3.63, 3.8) is 0 Å². The Balaban J connectivity index is 1.77. The standard InChI is InChI=1S/C18H16N6O3/c1-26-14-7-6-13(9-15(14)27-2)24-17-16(21-22-24)18(25)23(11-20-17)10-12-5-3-4-8-19-12/h3-9,11H,10H2,1-2H3. The van der Waals surface area contributed by atoms with Crippen LogP contribution in [0.1, 0.15) is 5.69 Å². The van der Waals surface area contributed by atoms with Crippen molar-refractivity contribution in [1.82, 2.24) is 29.5 Å². The number of fused-ring (bicyclic) bond motifs is 1. The molecule has 9 nitrogen and oxygen atoms in total. The molecule has 4 rings (SSSR count). The molecule has 4 aromatic rings. The summed E-state index contributed by atoms with van der Waals surface area (Å²) < 4.78 is 13.5. The monoisotopic (exact) mass is 364 g/mol. The fraction of sp³-hybridized carbons (Fsp3) is 0.167. The van der Waals surface area contributed by atoms with E-state index in [1.165, 1.54) is 15.6 Å². The van der Waals surface area contributed by atoms with Gasteiger partial charge >= 0.3 is 0 Å². The Kier molecular flexibility index (Phi) is 4.25. The summed E-state index contributed by atoms with van der Waals surface area (Å²) in [5, 5.41) is 8.10. The maximum Gasteiger partial charge on any atom is 0.283 e. The normalized spacial score (nSPS) is 10.9. The summed E-state index contributed by atoms with van der Waals surface area (Å²) in [5.41, 5.74) is 1.68. The fourth-order valence-electron chi connectivity index (χ4n) is 2.75. The molecule has 136 valence electrons. The van der Waals surface area contributed by atoms with Crippen LogP contribution < -0.4 is 15.0 Å². The van der Waals surface area contributed by atoms with Crippen LogP contribution in [0.25, 0.3) is 16.9 Å². The molecular weight excluding hydrogens is 348 g/mol. The average molecular weight is 364 g/mol. The molecule has 0 unspecified atom stereocenters. The maximum absolute atomic E-state index is 12.7. The van der Waals surface area contributed by atoms with Gasteiger partial charge in [0.25, 0.3) is 5.56 Å². The molecule has 0 fully saturated rings. The van der Waals surface area contributed by atoms with E-state index in [0.29, 0.717) is 29.4 Å². The Morgan fingerprint density at radius 3 is 2.63 bits per heavy atom. The van der Waals surface area contributed by atoms with Crippen LogP contribution in [0.5, 0.6) is 11.5 Å². The zero-order valence-electron chi connectivity index (χ0n) is 14.7. The molecule has 0 saturated carbocycles. The van der Waals surface area contributed by atoms with Gasteiger partial charge in [-0.05, 0) is 24.3 Å². The molecule has 0 aliphatic carbocycles. The van der Waals surface area contributed by atoms with Crippen LogP contribution in [-0.4, -0.2) is 43.7 Å². The van der Waals surface area contributed by atoms with E-state index in [-0.39, 0.29) is 11.1 Å². The number of rotatable bonds is 5. The molecule has 1 aromatic carbocycles. The highest BCUT2D eigenvalue weighted by molar-refractivity contribution is 5.70. The third-order valence-electron chi connectivity index (χ3n) is 4.10. The first-order valence-electron chi connectivity index (χ1n) is 8.14. The number of nitrogens with zero attached hydrogens (tertiary/aromatic N) is 6. The number of aromatic nitrogens is 6. The Labute approximate surface area is 153 Å². The highest BCUT2D eigenvalue weighted by Crippen LogP contribution is 2.29. The number of hydrogen-bond acceptors (Lipinski definition) is 7. The van der Waals surface area contributed by atoms with E-state index in [4.69, 9.17) is 9.47 Å². The van der Waals surface area contributed by atoms with E-state index in [2.05, 4.69) is 20.3 Å². The average Bonchev–Trinajstić information content (AvgIpc) is 3.15. The number of benzene rings is 1. The predicted molar refractivity (Wildman–Crippen MR) is 97.4 cm³/mol. The SMILES string of the molecule is COc1ccc(-n2nnc3c(=O)n(Cc4ccccn4)cnc32)cc1OC. The lowest BCUT2D eigenvalue weighted by Crippen LogP contribution is -2.22. The number of ether oxygens (including phenoxy) is 2. The number of hydrogen-bond donors (Lipinski definition) is 0. The smallest absolute Gasteiger partial charge is 0.283 e. The van der Waals surface area contributed by atoms with Crippen LogP contribution in [0.2, 0.25) is 0 Å². The zero-order valence-corrected chi connectivity index (χ0v) is 14.7.